The summed E-state index contributed by atoms with van der Waals surface area (Å²) in [5, 5.41) is 9.31. The molecule has 0 aliphatic rings. The lowest BCUT2D eigenvalue weighted by atomic mass is 10.2. The molecule has 0 unspecified atom stereocenters. The number of hydrogen-bond donors (Lipinski definition) is 0. The van der Waals surface area contributed by atoms with Gasteiger partial charge in [0.1, 0.15) is 23.4 Å². The molecule has 0 fully saturated rings. The van der Waals surface area contributed by atoms with Crippen LogP contribution in [0, 0.1) is 17.1 Å². The smallest absolute Gasteiger partial charge is 0.144 e. The fourth-order valence-corrected chi connectivity index (χ4v) is 2.31. The summed E-state index contributed by atoms with van der Waals surface area (Å²) >= 11 is 6.73. The zero-order valence-electron chi connectivity index (χ0n) is 9.66. The molecule has 0 atom stereocenters. The molecule has 0 saturated heterocycles. The van der Waals surface area contributed by atoms with E-state index >= 15 is 0 Å². The number of hydrogen-bond acceptors (Lipinski definition) is 2. The van der Waals surface area contributed by atoms with Gasteiger partial charge < -0.3 is 4.74 Å². The summed E-state index contributed by atoms with van der Waals surface area (Å²) in [5.41, 5.74) is 0.954. The van der Waals surface area contributed by atoms with Gasteiger partial charge in [-0.15, -0.1) is 0 Å². The van der Waals surface area contributed by atoms with E-state index in [2.05, 4.69) is 31.9 Å². The summed E-state index contributed by atoms with van der Waals surface area (Å²) in [6.45, 7) is 0. The van der Waals surface area contributed by atoms with Crippen molar-refractivity contribution >= 4 is 31.9 Å². The summed E-state index contributed by atoms with van der Waals surface area (Å²) in [6, 6.07) is 11.6. The second kappa shape index (κ2) is 6.18. The SMILES string of the molecule is N#Cc1ccc(Oc2cc(Br)ccc2CBr)cc1F. The average molecular weight is 385 g/mol. The van der Waals surface area contributed by atoms with Crippen molar-refractivity contribution in [1.82, 2.24) is 0 Å². The van der Waals surface area contributed by atoms with E-state index in [-0.39, 0.29) is 5.56 Å². The highest BCUT2D eigenvalue weighted by molar-refractivity contribution is 9.10. The summed E-state index contributed by atoms with van der Waals surface area (Å²) in [4.78, 5) is 0. The van der Waals surface area contributed by atoms with E-state index in [0.717, 1.165) is 10.0 Å². The van der Waals surface area contributed by atoms with Crippen molar-refractivity contribution in [3.63, 3.8) is 0 Å². The molecule has 0 amide bonds. The molecule has 2 aromatic rings. The van der Waals surface area contributed by atoms with Crippen LogP contribution in [0.5, 0.6) is 11.5 Å². The van der Waals surface area contributed by atoms with Gasteiger partial charge in [-0.1, -0.05) is 37.9 Å². The zero-order chi connectivity index (χ0) is 13.8. The highest BCUT2D eigenvalue weighted by atomic mass is 79.9. The van der Waals surface area contributed by atoms with Crippen molar-refractivity contribution in [2.45, 2.75) is 5.33 Å². The van der Waals surface area contributed by atoms with Gasteiger partial charge in [0.05, 0.1) is 5.56 Å². The lowest BCUT2D eigenvalue weighted by Crippen LogP contribution is -1.91. The Morgan fingerprint density at radius 3 is 2.63 bits per heavy atom. The first-order valence-corrected chi connectivity index (χ1v) is 7.27. The van der Waals surface area contributed by atoms with Gasteiger partial charge in [0.15, 0.2) is 0 Å². The molecule has 19 heavy (non-hydrogen) atoms. The number of nitrogens with zero attached hydrogens (tertiary/aromatic N) is 1. The Morgan fingerprint density at radius 1 is 1.21 bits per heavy atom. The lowest BCUT2D eigenvalue weighted by molar-refractivity contribution is 0.472. The van der Waals surface area contributed by atoms with Crippen molar-refractivity contribution in [1.29, 1.82) is 5.26 Å². The van der Waals surface area contributed by atoms with E-state index in [9.17, 15) is 4.39 Å². The van der Waals surface area contributed by atoms with Gasteiger partial charge in [-0.05, 0) is 24.3 Å². The minimum atomic E-state index is -0.588. The van der Waals surface area contributed by atoms with Gasteiger partial charge >= 0.3 is 0 Å². The first-order chi connectivity index (χ1) is 9.13. The van der Waals surface area contributed by atoms with Crippen LogP contribution in [0.2, 0.25) is 0 Å². The van der Waals surface area contributed by atoms with Crippen molar-refractivity contribution in [3.05, 3.63) is 57.8 Å². The molecule has 5 heteroatoms. The molecular weight excluding hydrogens is 377 g/mol. The lowest BCUT2D eigenvalue weighted by Gasteiger charge is -2.10. The van der Waals surface area contributed by atoms with Crippen molar-refractivity contribution in [2.24, 2.45) is 0 Å². The molecule has 0 aliphatic heterocycles. The zero-order valence-corrected chi connectivity index (χ0v) is 12.8. The van der Waals surface area contributed by atoms with Crippen LogP contribution in [0.1, 0.15) is 11.1 Å². The number of halogens is 3. The second-order valence-corrected chi connectivity index (χ2v) is 5.22. The van der Waals surface area contributed by atoms with Gasteiger partial charge in [0, 0.05) is 21.4 Å². The molecule has 0 spiro atoms. The third kappa shape index (κ3) is 3.34. The number of ether oxygens (including phenoxy) is 1. The summed E-state index contributed by atoms with van der Waals surface area (Å²) in [5.74, 6) is 0.405. The van der Waals surface area contributed by atoms with Crippen LogP contribution in [0.3, 0.4) is 0 Å². The Hall–Kier alpha value is -1.38. The molecule has 0 bridgehead atoms. The van der Waals surface area contributed by atoms with E-state index in [1.54, 1.807) is 12.1 Å². The van der Waals surface area contributed by atoms with Crippen LogP contribution in [0.15, 0.2) is 40.9 Å². The van der Waals surface area contributed by atoms with E-state index in [0.29, 0.717) is 16.8 Å². The maximum Gasteiger partial charge on any atom is 0.144 e. The molecule has 0 saturated carbocycles. The van der Waals surface area contributed by atoms with E-state index in [4.69, 9.17) is 10.00 Å². The fraction of sp³-hybridized carbons (Fsp3) is 0.0714. The Kier molecular flexibility index (Phi) is 4.56. The molecule has 0 aliphatic carbocycles. The Morgan fingerprint density at radius 2 is 2.00 bits per heavy atom. The number of rotatable bonds is 3. The predicted molar refractivity (Wildman–Crippen MR) is 78.0 cm³/mol. The molecule has 2 nitrogen and oxygen atoms in total. The van der Waals surface area contributed by atoms with Crippen LogP contribution in [-0.2, 0) is 5.33 Å². The molecule has 0 heterocycles. The highest BCUT2D eigenvalue weighted by Gasteiger charge is 2.08. The number of alkyl halides is 1. The van der Waals surface area contributed by atoms with Crippen molar-refractivity contribution < 1.29 is 9.13 Å². The third-order valence-electron chi connectivity index (χ3n) is 2.46. The fourth-order valence-electron chi connectivity index (χ4n) is 1.51. The molecule has 2 aromatic carbocycles. The Labute approximate surface area is 127 Å². The minimum absolute atomic E-state index is 0.00214. The van der Waals surface area contributed by atoms with Gasteiger partial charge in [0.25, 0.3) is 0 Å². The maximum absolute atomic E-state index is 13.5. The second-order valence-electron chi connectivity index (χ2n) is 3.74. The topological polar surface area (TPSA) is 33.0 Å². The van der Waals surface area contributed by atoms with Gasteiger partial charge in [-0.3, -0.25) is 0 Å². The van der Waals surface area contributed by atoms with Gasteiger partial charge in [-0.25, -0.2) is 4.39 Å². The quantitative estimate of drug-likeness (QED) is 0.685. The van der Waals surface area contributed by atoms with E-state index in [1.807, 2.05) is 18.2 Å². The largest absolute Gasteiger partial charge is 0.457 e. The molecule has 0 aromatic heterocycles. The van der Waals surface area contributed by atoms with E-state index < -0.39 is 5.82 Å². The first-order valence-electron chi connectivity index (χ1n) is 5.36. The highest BCUT2D eigenvalue weighted by Crippen LogP contribution is 2.30. The van der Waals surface area contributed by atoms with Gasteiger partial charge in [0.2, 0.25) is 0 Å². The van der Waals surface area contributed by atoms with Crippen molar-refractivity contribution in [2.75, 3.05) is 0 Å². The van der Waals surface area contributed by atoms with Crippen LogP contribution < -0.4 is 4.74 Å². The minimum Gasteiger partial charge on any atom is -0.457 e. The maximum atomic E-state index is 13.5. The first kappa shape index (κ1) is 14.0. The molecule has 2 rings (SSSR count). The number of nitriles is 1. The third-order valence-corrected chi connectivity index (χ3v) is 3.56. The van der Waals surface area contributed by atoms with Crippen molar-refractivity contribution in [3.8, 4) is 17.6 Å². The molecule has 0 radical (unpaired) electrons. The van der Waals surface area contributed by atoms with Crippen LogP contribution >= 0.6 is 31.9 Å². The van der Waals surface area contributed by atoms with Crippen LogP contribution in [0.4, 0.5) is 4.39 Å². The van der Waals surface area contributed by atoms with Crippen LogP contribution in [-0.4, -0.2) is 0 Å². The van der Waals surface area contributed by atoms with Crippen LogP contribution in [0.25, 0.3) is 0 Å². The average Bonchev–Trinajstić information content (AvgIpc) is 2.39. The summed E-state index contributed by atoms with van der Waals surface area (Å²) in [6.07, 6.45) is 0. The monoisotopic (exact) mass is 383 g/mol. The standard InChI is InChI=1S/C14H8Br2FNO/c15-7-9-1-3-11(16)5-14(9)19-12-4-2-10(8-18)13(17)6-12/h1-6H,7H2. The Bertz CT molecular complexity index is 652. The summed E-state index contributed by atoms with van der Waals surface area (Å²) in [7, 11) is 0. The normalized spacial score (nSPS) is 10.0. The Balaban J connectivity index is 2.33. The molecule has 0 N–H and O–H groups in total. The molecule has 96 valence electrons. The molecular formula is C14H8Br2FNO. The van der Waals surface area contributed by atoms with E-state index in [1.165, 1.54) is 12.1 Å². The summed E-state index contributed by atoms with van der Waals surface area (Å²) < 4.78 is 20.0. The number of benzene rings is 2. The predicted octanol–water partition coefficient (Wildman–Crippen LogP) is 5.15. The van der Waals surface area contributed by atoms with Gasteiger partial charge in [-0.2, -0.15) is 5.26 Å².